The number of aryl methyl sites for hydroxylation is 1. The Morgan fingerprint density at radius 3 is 3.17 bits per heavy atom. The number of hydrogen-bond donors (Lipinski definition) is 1. The molecule has 0 aliphatic carbocycles. The molecule has 1 aliphatic heterocycles. The molecule has 0 spiro atoms. The number of nitrogens with zero attached hydrogens (tertiary/aromatic N) is 2. The van der Waals surface area contributed by atoms with Gasteiger partial charge in [0.15, 0.2) is 0 Å². The molecule has 1 aliphatic rings. The lowest BCUT2D eigenvalue weighted by Gasteiger charge is -2.26. The van der Waals surface area contributed by atoms with E-state index < -0.39 is 0 Å². The van der Waals surface area contributed by atoms with E-state index in [0.29, 0.717) is 6.04 Å². The molecule has 0 saturated heterocycles. The number of nitrogens with one attached hydrogen (secondary N) is 1. The average molecular weight is 259 g/mol. The third-order valence-electron chi connectivity index (χ3n) is 3.26. The standard InChI is InChI=1S/C14H17N3S/c1-2-17-10-11(9-15-17)16-13-7-8-18-14-6-4-3-5-12(13)14/h3-6,9-10,13,16H,2,7-8H2,1H3. The number of thioether (sulfide) groups is 1. The van der Waals surface area contributed by atoms with Crippen molar-refractivity contribution in [3.63, 3.8) is 0 Å². The molecular formula is C14H17N3S. The van der Waals surface area contributed by atoms with Gasteiger partial charge in [0.2, 0.25) is 0 Å². The average Bonchev–Trinajstić information content (AvgIpc) is 2.87. The van der Waals surface area contributed by atoms with Gasteiger partial charge in [-0.1, -0.05) is 18.2 Å². The van der Waals surface area contributed by atoms with Crippen LogP contribution in [0.25, 0.3) is 0 Å². The Labute approximate surface area is 112 Å². The van der Waals surface area contributed by atoms with E-state index in [0.717, 1.165) is 12.2 Å². The Hall–Kier alpha value is -1.42. The van der Waals surface area contributed by atoms with Crippen LogP contribution < -0.4 is 5.32 Å². The molecule has 1 aromatic heterocycles. The number of anilines is 1. The van der Waals surface area contributed by atoms with Crippen LogP contribution >= 0.6 is 11.8 Å². The summed E-state index contributed by atoms with van der Waals surface area (Å²) in [6, 6.07) is 9.09. The first kappa shape index (κ1) is 11.7. The van der Waals surface area contributed by atoms with E-state index in [9.17, 15) is 0 Å². The van der Waals surface area contributed by atoms with Crippen LogP contribution in [0.5, 0.6) is 0 Å². The minimum Gasteiger partial charge on any atom is -0.376 e. The van der Waals surface area contributed by atoms with Crippen LogP contribution in [0.1, 0.15) is 24.9 Å². The second kappa shape index (κ2) is 5.06. The van der Waals surface area contributed by atoms with Gasteiger partial charge in [-0.05, 0) is 25.0 Å². The van der Waals surface area contributed by atoms with Crippen LogP contribution in [0.2, 0.25) is 0 Å². The monoisotopic (exact) mass is 259 g/mol. The highest BCUT2D eigenvalue weighted by atomic mass is 32.2. The lowest BCUT2D eigenvalue weighted by atomic mass is 10.0. The van der Waals surface area contributed by atoms with Crippen molar-refractivity contribution >= 4 is 17.4 Å². The van der Waals surface area contributed by atoms with Crippen LogP contribution in [0.3, 0.4) is 0 Å². The van der Waals surface area contributed by atoms with Gasteiger partial charge in [0.1, 0.15) is 0 Å². The number of fused-ring (bicyclic) bond motifs is 1. The van der Waals surface area contributed by atoms with Gasteiger partial charge >= 0.3 is 0 Å². The molecule has 1 aromatic carbocycles. The first-order valence-corrected chi connectivity index (χ1v) is 7.36. The SMILES string of the molecule is CCn1cc(NC2CCSc3ccccc32)cn1. The second-order valence-corrected chi connectivity index (χ2v) is 5.59. The summed E-state index contributed by atoms with van der Waals surface area (Å²) in [4.78, 5) is 1.41. The quantitative estimate of drug-likeness (QED) is 0.914. The van der Waals surface area contributed by atoms with Gasteiger partial charge in [0, 0.05) is 23.4 Å². The van der Waals surface area contributed by atoms with Crippen molar-refractivity contribution in [2.24, 2.45) is 0 Å². The third kappa shape index (κ3) is 2.25. The summed E-state index contributed by atoms with van der Waals surface area (Å²) in [6.07, 6.45) is 5.15. The summed E-state index contributed by atoms with van der Waals surface area (Å²) in [7, 11) is 0. The van der Waals surface area contributed by atoms with Crippen LogP contribution in [-0.4, -0.2) is 15.5 Å². The molecular weight excluding hydrogens is 242 g/mol. The molecule has 0 bridgehead atoms. The molecule has 94 valence electrons. The molecule has 4 heteroatoms. The Bertz CT molecular complexity index is 535. The maximum atomic E-state index is 4.31. The summed E-state index contributed by atoms with van der Waals surface area (Å²) in [5, 5.41) is 7.90. The van der Waals surface area contributed by atoms with Crippen LogP contribution in [-0.2, 0) is 6.54 Å². The van der Waals surface area contributed by atoms with Crippen molar-refractivity contribution in [1.29, 1.82) is 0 Å². The van der Waals surface area contributed by atoms with Crippen LogP contribution in [0.15, 0.2) is 41.6 Å². The summed E-state index contributed by atoms with van der Waals surface area (Å²) in [6.45, 7) is 3.02. The van der Waals surface area contributed by atoms with Gasteiger partial charge in [0.05, 0.1) is 17.9 Å². The maximum Gasteiger partial charge on any atom is 0.0731 e. The molecule has 0 fully saturated rings. The molecule has 3 rings (SSSR count). The third-order valence-corrected chi connectivity index (χ3v) is 4.38. The second-order valence-electron chi connectivity index (χ2n) is 4.46. The summed E-state index contributed by atoms with van der Waals surface area (Å²) in [5.41, 5.74) is 2.53. The fraction of sp³-hybridized carbons (Fsp3) is 0.357. The lowest BCUT2D eigenvalue weighted by Crippen LogP contribution is -2.15. The topological polar surface area (TPSA) is 29.9 Å². The molecule has 1 atom stereocenters. The van der Waals surface area contributed by atoms with Crippen molar-refractivity contribution in [1.82, 2.24) is 9.78 Å². The Morgan fingerprint density at radius 2 is 2.33 bits per heavy atom. The van der Waals surface area contributed by atoms with E-state index in [1.54, 1.807) is 0 Å². The number of rotatable bonds is 3. The molecule has 3 nitrogen and oxygen atoms in total. The number of aromatic nitrogens is 2. The van der Waals surface area contributed by atoms with E-state index >= 15 is 0 Å². The Morgan fingerprint density at radius 1 is 1.44 bits per heavy atom. The fourth-order valence-electron chi connectivity index (χ4n) is 2.30. The highest BCUT2D eigenvalue weighted by Gasteiger charge is 2.20. The zero-order valence-corrected chi connectivity index (χ0v) is 11.3. The van der Waals surface area contributed by atoms with E-state index in [1.165, 1.54) is 22.6 Å². The highest BCUT2D eigenvalue weighted by molar-refractivity contribution is 7.99. The van der Waals surface area contributed by atoms with Crippen molar-refractivity contribution in [3.8, 4) is 0 Å². The maximum absolute atomic E-state index is 4.31. The summed E-state index contributed by atoms with van der Waals surface area (Å²) >= 11 is 1.95. The summed E-state index contributed by atoms with van der Waals surface area (Å²) in [5.74, 6) is 1.18. The van der Waals surface area contributed by atoms with Gasteiger partial charge in [-0.3, -0.25) is 4.68 Å². The molecule has 1 N–H and O–H groups in total. The van der Waals surface area contributed by atoms with E-state index in [2.05, 4.69) is 47.8 Å². The Kier molecular flexibility index (Phi) is 3.28. The zero-order chi connectivity index (χ0) is 12.4. The molecule has 18 heavy (non-hydrogen) atoms. The number of hydrogen-bond acceptors (Lipinski definition) is 3. The van der Waals surface area contributed by atoms with Crippen molar-refractivity contribution < 1.29 is 0 Å². The van der Waals surface area contributed by atoms with Crippen LogP contribution in [0, 0.1) is 0 Å². The van der Waals surface area contributed by atoms with Crippen molar-refractivity contribution in [3.05, 3.63) is 42.2 Å². The van der Waals surface area contributed by atoms with Gasteiger partial charge in [-0.25, -0.2) is 0 Å². The molecule has 0 amide bonds. The first-order valence-electron chi connectivity index (χ1n) is 6.37. The first-order chi connectivity index (χ1) is 8.86. The van der Waals surface area contributed by atoms with Crippen LogP contribution in [0.4, 0.5) is 5.69 Å². The largest absolute Gasteiger partial charge is 0.376 e. The predicted molar refractivity (Wildman–Crippen MR) is 76.0 cm³/mol. The smallest absolute Gasteiger partial charge is 0.0731 e. The van der Waals surface area contributed by atoms with E-state index in [4.69, 9.17) is 0 Å². The molecule has 0 radical (unpaired) electrons. The molecule has 2 aromatic rings. The molecule has 1 unspecified atom stereocenters. The summed E-state index contributed by atoms with van der Waals surface area (Å²) < 4.78 is 1.95. The van der Waals surface area contributed by atoms with E-state index in [-0.39, 0.29) is 0 Å². The predicted octanol–water partition coefficient (Wildman–Crippen LogP) is 3.55. The lowest BCUT2D eigenvalue weighted by molar-refractivity contribution is 0.659. The molecule has 0 saturated carbocycles. The Balaban J connectivity index is 1.81. The van der Waals surface area contributed by atoms with Gasteiger partial charge in [-0.2, -0.15) is 5.10 Å². The van der Waals surface area contributed by atoms with E-state index in [1.807, 2.05) is 22.6 Å². The molecule has 2 heterocycles. The van der Waals surface area contributed by atoms with Gasteiger partial charge in [-0.15, -0.1) is 11.8 Å². The minimum atomic E-state index is 0.414. The minimum absolute atomic E-state index is 0.414. The van der Waals surface area contributed by atoms with Crippen molar-refractivity contribution in [2.75, 3.05) is 11.1 Å². The number of benzene rings is 1. The van der Waals surface area contributed by atoms with Gasteiger partial charge < -0.3 is 5.32 Å². The normalized spacial score (nSPS) is 18.4. The zero-order valence-electron chi connectivity index (χ0n) is 10.5. The fourth-order valence-corrected chi connectivity index (χ4v) is 3.43. The highest BCUT2D eigenvalue weighted by Crippen LogP contribution is 2.37. The van der Waals surface area contributed by atoms with Gasteiger partial charge in [0.25, 0.3) is 0 Å². The van der Waals surface area contributed by atoms with Crippen molar-refractivity contribution in [2.45, 2.75) is 30.8 Å².